The molecule has 5 heteroatoms. The van der Waals surface area contributed by atoms with Gasteiger partial charge in [-0.1, -0.05) is 0 Å². The van der Waals surface area contributed by atoms with Gasteiger partial charge in [0.05, 0.1) is 25.3 Å². The van der Waals surface area contributed by atoms with Gasteiger partial charge in [0.2, 0.25) is 0 Å². The molecular weight excluding hydrogens is 214 g/mol. The minimum Gasteiger partial charge on any atom is -0.345 e. The molecule has 0 bridgehead atoms. The molecule has 1 aromatic heterocycles. The van der Waals surface area contributed by atoms with Gasteiger partial charge in [0, 0.05) is 0 Å². The number of imidazole rings is 1. The highest BCUT2D eigenvalue weighted by atomic mass is 15.1. The van der Waals surface area contributed by atoms with Crippen molar-refractivity contribution in [2.24, 2.45) is 0 Å². The van der Waals surface area contributed by atoms with Gasteiger partial charge >= 0.3 is 0 Å². The standard InChI is InChI=1S/C12H11N5/c1-17(9-15-7-13)11-4-2-10(3-5-11)12-6-14-8-16-12/h2-6,8-9H,1H3,(H,14,16)/p+1. The minimum absolute atomic E-state index is 0.985. The summed E-state index contributed by atoms with van der Waals surface area (Å²) < 4.78 is 1.83. The van der Waals surface area contributed by atoms with Crippen LogP contribution < -0.4 is 5.32 Å². The molecule has 0 atom stereocenters. The minimum atomic E-state index is 0.985. The zero-order valence-electron chi connectivity index (χ0n) is 9.38. The van der Waals surface area contributed by atoms with Gasteiger partial charge < -0.3 is 4.98 Å². The van der Waals surface area contributed by atoms with Gasteiger partial charge in [0.15, 0.2) is 0 Å². The van der Waals surface area contributed by atoms with Crippen LogP contribution in [0.15, 0.2) is 36.8 Å². The molecule has 0 saturated heterocycles. The van der Waals surface area contributed by atoms with Crippen molar-refractivity contribution in [3.63, 3.8) is 0 Å². The second-order valence-corrected chi connectivity index (χ2v) is 3.51. The monoisotopic (exact) mass is 226 g/mol. The molecule has 2 rings (SSSR count). The molecule has 5 nitrogen and oxygen atoms in total. The fraction of sp³-hybridized carbons (Fsp3) is 0.0833. The van der Waals surface area contributed by atoms with Gasteiger partial charge in [0.25, 0.3) is 12.5 Å². The van der Waals surface area contributed by atoms with Crippen LogP contribution in [-0.4, -0.2) is 27.9 Å². The van der Waals surface area contributed by atoms with E-state index in [0.29, 0.717) is 0 Å². The summed E-state index contributed by atoms with van der Waals surface area (Å²) in [5.74, 6) is 0. The number of aromatic amines is 1. The van der Waals surface area contributed by atoms with E-state index in [0.717, 1.165) is 16.9 Å². The van der Waals surface area contributed by atoms with Crippen molar-refractivity contribution < 1.29 is 4.58 Å². The van der Waals surface area contributed by atoms with E-state index in [9.17, 15) is 0 Å². The molecule has 17 heavy (non-hydrogen) atoms. The molecule has 1 heterocycles. The Morgan fingerprint density at radius 3 is 2.76 bits per heavy atom. The largest absolute Gasteiger partial charge is 0.345 e. The molecule has 0 aliphatic carbocycles. The first-order valence-electron chi connectivity index (χ1n) is 5.11. The summed E-state index contributed by atoms with van der Waals surface area (Å²) in [4.78, 5) is 7.03. The average Bonchev–Trinajstić information content (AvgIpc) is 2.90. The van der Waals surface area contributed by atoms with Crippen LogP contribution >= 0.6 is 0 Å². The van der Waals surface area contributed by atoms with E-state index in [-0.39, 0.29) is 0 Å². The molecule has 2 aromatic rings. The molecule has 0 saturated carbocycles. The molecule has 0 amide bonds. The van der Waals surface area contributed by atoms with Crippen LogP contribution in [0, 0.1) is 11.5 Å². The fourth-order valence-electron chi connectivity index (χ4n) is 1.49. The van der Waals surface area contributed by atoms with Crippen molar-refractivity contribution in [3.8, 4) is 17.5 Å². The number of nitrogens with one attached hydrogen (secondary N) is 2. The molecule has 0 fully saturated rings. The molecule has 1 aromatic carbocycles. The molecule has 0 spiro atoms. The molecular formula is C12H12N5+. The van der Waals surface area contributed by atoms with E-state index in [4.69, 9.17) is 5.26 Å². The van der Waals surface area contributed by atoms with Gasteiger partial charge in [-0.2, -0.15) is 5.32 Å². The first-order valence-corrected chi connectivity index (χ1v) is 5.11. The highest BCUT2D eigenvalue weighted by molar-refractivity contribution is 5.60. The number of nitrogens with zero attached hydrogens (tertiary/aromatic N) is 3. The predicted octanol–water partition coefficient (Wildman–Crippen LogP) is 1.45. The zero-order chi connectivity index (χ0) is 12.1. The molecule has 0 radical (unpaired) electrons. The number of rotatable bonds is 3. The third kappa shape index (κ3) is 2.49. The quantitative estimate of drug-likeness (QED) is 0.274. The zero-order valence-corrected chi connectivity index (χ0v) is 9.38. The molecule has 2 N–H and O–H groups in total. The third-order valence-corrected chi connectivity index (χ3v) is 2.41. The summed E-state index contributed by atoms with van der Waals surface area (Å²) in [5.41, 5.74) is 3.06. The first kappa shape index (κ1) is 10.9. The fourth-order valence-corrected chi connectivity index (χ4v) is 1.49. The lowest BCUT2D eigenvalue weighted by Crippen LogP contribution is -2.11. The maximum atomic E-state index is 8.40. The Labute approximate surface area is 99.1 Å². The Balaban J connectivity index is 2.22. The van der Waals surface area contributed by atoms with Crippen LogP contribution in [0.3, 0.4) is 0 Å². The van der Waals surface area contributed by atoms with Crippen LogP contribution in [0.4, 0.5) is 5.69 Å². The lowest BCUT2D eigenvalue weighted by atomic mass is 10.1. The summed E-state index contributed by atoms with van der Waals surface area (Å²) in [7, 11) is 1.87. The van der Waals surface area contributed by atoms with E-state index in [1.165, 1.54) is 0 Å². The second-order valence-electron chi connectivity index (χ2n) is 3.51. The van der Waals surface area contributed by atoms with Gasteiger partial charge in [0.1, 0.15) is 5.69 Å². The Kier molecular flexibility index (Phi) is 3.17. The summed E-state index contributed by atoms with van der Waals surface area (Å²) >= 11 is 0. The van der Waals surface area contributed by atoms with Crippen LogP contribution in [0.25, 0.3) is 11.3 Å². The van der Waals surface area contributed by atoms with Gasteiger partial charge in [-0.3, -0.25) is 0 Å². The molecule has 0 aliphatic rings. The van der Waals surface area contributed by atoms with Gasteiger partial charge in [-0.15, -0.1) is 5.26 Å². The number of hydrogen-bond donors (Lipinski definition) is 2. The van der Waals surface area contributed by atoms with Crippen molar-refractivity contribution in [2.75, 3.05) is 7.05 Å². The van der Waals surface area contributed by atoms with E-state index < -0.39 is 0 Å². The highest BCUT2D eigenvalue weighted by Crippen LogP contribution is 2.19. The molecule has 0 aliphatic heterocycles. The van der Waals surface area contributed by atoms with Crippen molar-refractivity contribution in [1.29, 1.82) is 5.26 Å². The maximum Gasteiger partial charge on any atom is 0.288 e. The SMILES string of the molecule is C[N+](=CNC#N)c1ccc(-c2cnc[nH]2)cc1. The van der Waals surface area contributed by atoms with Gasteiger partial charge in [-0.05, 0) is 29.8 Å². The smallest absolute Gasteiger partial charge is 0.288 e. The van der Waals surface area contributed by atoms with Crippen LogP contribution in [0.5, 0.6) is 0 Å². The van der Waals surface area contributed by atoms with Crippen LogP contribution in [0.2, 0.25) is 0 Å². The van der Waals surface area contributed by atoms with Crippen molar-refractivity contribution >= 4 is 12.0 Å². The lowest BCUT2D eigenvalue weighted by Gasteiger charge is -2.01. The molecule has 84 valence electrons. The predicted molar refractivity (Wildman–Crippen MR) is 64.7 cm³/mol. The lowest BCUT2D eigenvalue weighted by molar-refractivity contribution is -0.401. The first-order chi connectivity index (χ1) is 8.31. The summed E-state index contributed by atoms with van der Waals surface area (Å²) in [6.45, 7) is 0. The maximum absolute atomic E-state index is 8.40. The topological polar surface area (TPSA) is 67.5 Å². The highest BCUT2D eigenvalue weighted by Gasteiger charge is 2.01. The Morgan fingerprint density at radius 2 is 2.18 bits per heavy atom. The van der Waals surface area contributed by atoms with Crippen molar-refractivity contribution in [2.45, 2.75) is 0 Å². The third-order valence-electron chi connectivity index (χ3n) is 2.41. The normalized spacial score (nSPS) is 10.9. The summed E-state index contributed by atoms with van der Waals surface area (Å²) in [6.07, 6.45) is 6.88. The molecule has 0 unspecified atom stereocenters. The van der Waals surface area contributed by atoms with E-state index in [1.807, 2.05) is 42.1 Å². The number of benzene rings is 1. The Hall–Kier alpha value is -2.61. The number of H-pyrrole nitrogens is 1. The Morgan fingerprint density at radius 1 is 1.41 bits per heavy atom. The second kappa shape index (κ2) is 4.94. The van der Waals surface area contributed by atoms with E-state index in [1.54, 1.807) is 18.9 Å². The van der Waals surface area contributed by atoms with Gasteiger partial charge in [-0.25, -0.2) is 9.56 Å². The van der Waals surface area contributed by atoms with Crippen LogP contribution in [-0.2, 0) is 0 Å². The van der Waals surface area contributed by atoms with E-state index >= 15 is 0 Å². The van der Waals surface area contributed by atoms with Crippen molar-refractivity contribution in [1.82, 2.24) is 15.3 Å². The van der Waals surface area contributed by atoms with E-state index in [2.05, 4.69) is 15.3 Å². The number of aromatic nitrogens is 2. The number of hydrogen-bond acceptors (Lipinski definition) is 2. The summed E-state index contributed by atoms with van der Waals surface area (Å²) in [6, 6.07) is 7.95. The summed E-state index contributed by atoms with van der Waals surface area (Å²) in [5, 5.41) is 10.9. The average molecular weight is 226 g/mol. The number of nitriles is 1. The Bertz CT molecular complexity index is 546. The van der Waals surface area contributed by atoms with Crippen molar-refractivity contribution in [3.05, 3.63) is 36.8 Å². The van der Waals surface area contributed by atoms with Crippen LogP contribution in [0.1, 0.15) is 0 Å².